The van der Waals surface area contributed by atoms with Crippen molar-refractivity contribution in [2.24, 2.45) is 0 Å². The van der Waals surface area contributed by atoms with Gasteiger partial charge in [0.1, 0.15) is 6.17 Å². The Bertz CT molecular complexity index is 1330. The predicted octanol–water partition coefficient (Wildman–Crippen LogP) is 5.88. The molecule has 0 aliphatic carbocycles. The van der Waals surface area contributed by atoms with E-state index in [1.807, 2.05) is 66.7 Å². The van der Waals surface area contributed by atoms with Crippen LogP contribution < -0.4 is 9.80 Å². The number of nitro benzene ring substituents is 1. The van der Waals surface area contributed by atoms with E-state index in [0.29, 0.717) is 11.3 Å². The number of rotatable bonds is 4. The number of nitro groups is 1. The van der Waals surface area contributed by atoms with Crippen LogP contribution in [-0.4, -0.2) is 22.9 Å². The van der Waals surface area contributed by atoms with Crippen molar-refractivity contribution in [2.75, 3.05) is 16.8 Å². The van der Waals surface area contributed by atoms with Gasteiger partial charge in [0.05, 0.1) is 31.8 Å². The van der Waals surface area contributed by atoms with E-state index in [1.54, 1.807) is 33.6 Å². The van der Waals surface area contributed by atoms with Crippen LogP contribution in [0.15, 0.2) is 66.0 Å². The van der Waals surface area contributed by atoms with Crippen LogP contribution in [-0.2, 0) is 0 Å². The fraction of sp³-hybridized carbons (Fsp3) is 0.130. The van der Waals surface area contributed by atoms with Crippen molar-refractivity contribution >= 4 is 45.6 Å². The van der Waals surface area contributed by atoms with Crippen molar-refractivity contribution in [3.8, 4) is 10.6 Å². The number of amides is 1. The smallest absolute Gasteiger partial charge is 0.270 e. The van der Waals surface area contributed by atoms with Crippen molar-refractivity contribution in [1.82, 2.24) is 4.98 Å². The molecule has 0 bridgehead atoms. The van der Waals surface area contributed by atoms with Gasteiger partial charge in [-0.3, -0.25) is 19.8 Å². The molecule has 9 heteroatoms. The molecule has 0 N–H and O–H groups in total. The van der Waals surface area contributed by atoms with Gasteiger partial charge in [0.15, 0.2) is 0 Å². The van der Waals surface area contributed by atoms with Crippen LogP contribution in [0.3, 0.4) is 0 Å². The molecule has 0 radical (unpaired) electrons. The second kappa shape index (κ2) is 7.85. The molecular formula is C23H18N4O3S2. The number of aryl methyl sites for hydroxylation is 1. The van der Waals surface area contributed by atoms with Gasteiger partial charge >= 0.3 is 0 Å². The van der Waals surface area contributed by atoms with Gasteiger partial charge in [-0.2, -0.15) is 0 Å². The van der Waals surface area contributed by atoms with Crippen molar-refractivity contribution in [3.05, 3.63) is 91.6 Å². The summed E-state index contributed by atoms with van der Waals surface area (Å²) < 4.78 is 0. The Hall–Kier alpha value is -3.56. The average molecular weight is 463 g/mol. The molecule has 5 rings (SSSR count). The predicted molar refractivity (Wildman–Crippen MR) is 128 cm³/mol. The zero-order chi connectivity index (χ0) is 22.4. The second-order valence-electron chi connectivity index (χ2n) is 7.41. The Morgan fingerprint density at radius 3 is 2.56 bits per heavy atom. The molecule has 1 unspecified atom stereocenters. The van der Waals surface area contributed by atoms with E-state index in [-0.39, 0.29) is 11.6 Å². The van der Waals surface area contributed by atoms with Crippen molar-refractivity contribution in [1.29, 1.82) is 0 Å². The fourth-order valence-electron chi connectivity index (χ4n) is 3.93. The number of nitrogens with zero attached hydrogens (tertiary/aromatic N) is 4. The van der Waals surface area contributed by atoms with E-state index in [9.17, 15) is 14.9 Å². The third-order valence-corrected chi connectivity index (χ3v) is 7.34. The standard InChI is InChI=1S/C23H18N4O3S2/c1-14-24-18(13-31-14)20-10-11-21(32-20)22-25(2)19-9-8-16(27(29)30)12-17(19)23(28)26(22)15-6-4-3-5-7-15/h3-13,22H,1-2H3. The number of non-ortho nitro benzene ring substituents is 1. The number of fused-ring (bicyclic) bond motifs is 1. The molecule has 0 saturated heterocycles. The molecular weight excluding hydrogens is 444 g/mol. The molecule has 2 aromatic heterocycles. The van der Waals surface area contributed by atoms with Gasteiger partial charge in [-0.15, -0.1) is 22.7 Å². The van der Waals surface area contributed by atoms with Gasteiger partial charge in [0.2, 0.25) is 0 Å². The lowest BCUT2D eigenvalue weighted by Crippen LogP contribution is -2.48. The molecule has 1 atom stereocenters. The van der Waals surface area contributed by atoms with E-state index < -0.39 is 11.1 Å². The first-order valence-electron chi connectivity index (χ1n) is 9.86. The van der Waals surface area contributed by atoms with Crippen LogP contribution in [0.1, 0.15) is 26.4 Å². The highest BCUT2D eigenvalue weighted by Crippen LogP contribution is 2.44. The lowest BCUT2D eigenvalue weighted by atomic mass is 10.0. The first-order valence-corrected chi connectivity index (χ1v) is 11.6. The van der Waals surface area contributed by atoms with E-state index in [4.69, 9.17) is 0 Å². The minimum absolute atomic E-state index is 0.103. The summed E-state index contributed by atoms with van der Waals surface area (Å²) in [6.45, 7) is 1.98. The number of hydrogen-bond acceptors (Lipinski definition) is 7. The number of anilines is 2. The van der Waals surface area contributed by atoms with Crippen LogP contribution in [0.2, 0.25) is 0 Å². The number of carbonyl (C=O) groups excluding carboxylic acids is 1. The Labute approximate surface area is 192 Å². The number of hydrogen-bond donors (Lipinski definition) is 0. The maximum absolute atomic E-state index is 13.7. The molecule has 1 aliphatic heterocycles. The second-order valence-corrected chi connectivity index (χ2v) is 9.59. The highest BCUT2D eigenvalue weighted by atomic mass is 32.1. The third-order valence-electron chi connectivity index (χ3n) is 5.42. The molecule has 1 aliphatic rings. The maximum atomic E-state index is 13.7. The molecule has 0 saturated carbocycles. The monoisotopic (exact) mass is 462 g/mol. The van der Waals surface area contributed by atoms with E-state index >= 15 is 0 Å². The van der Waals surface area contributed by atoms with Crippen LogP contribution in [0.5, 0.6) is 0 Å². The van der Waals surface area contributed by atoms with E-state index in [2.05, 4.69) is 4.98 Å². The molecule has 1 amide bonds. The summed E-state index contributed by atoms with van der Waals surface area (Å²) in [6.07, 6.45) is -0.391. The SMILES string of the molecule is Cc1nc(-c2ccc(C3N(C)c4ccc([N+](=O)[O-])cc4C(=O)N3c3ccccc3)s2)cs1. The van der Waals surface area contributed by atoms with Gasteiger partial charge in [0, 0.05) is 35.1 Å². The summed E-state index contributed by atoms with van der Waals surface area (Å²) in [5, 5.41) is 14.3. The number of benzene rings is 2. The van der Waals surface area contributed by atoms with Crippen molar-refractivity contribution in [2.45, 2.75) is 13.1 Å². The summed E-state index contributed by atoms with van der Waals surface area (Å²) in [7, 11) is 1.91. The molecule has 7 nitrogen and oxygen atoms in total. The Balaban J connectivity index is 1.65. The first-order chi connectivity index (χ1) is 15.4. The summed E-state index contributed by atoms with van der Waals surface area (Å²) >= 11 is 3.20. The minimum atomic E-state index is -0.478. The van der Waals surface area contributed by atoms with E-state index in [0.717, 1.165) is 26.1 Å². The molecule has 32 heavy (non-hydrogen) atoms. The number of para-hydroxylation sites is 1. The van der Waals surface area contributed by atoms with Crippen molar-refractivity contribution < 1.29 is 9.72 Å². The Morgan fingerprint density at radius 1 is 1.09 bits per heavy atom. The number of aromatic nitrogens is 1. The summed E-state index contributed by atoms with van der Waals surface area (Å²) in [6, 6.07) is 17.9. The van der Waals surface area contributed by atoms with Crippen LogP contribution in [0.25, 0.3) is 10.6 Å². The summed E-state index contributed by atoms with van der Waals surface area (Å²) in [4.78, 5) is 34.8. The lowest BCUT2D eigenvalue weighted by molar-refractivity contribution is -0.384. The van der Waals surface area contributed by atoms with Crippen molar-refractivity contribution in [3.63, 3.8) is 0 Å². The number of thiophene rings is 1. The fourth-order valence-corrected chi connectivity index (χ4v) is 5.72. The molecule has 3 heterocycles. The Morgan fingerprint density at radius 2 is 1.88 bits per heavy atom. The van der Waals surface area contributed by atoms with Gasteiger partial charge in [-0.25, -0.2) is 4.98 Å². The highest BCUT2D eigenvalue weighted by Gasteiger charge is 2.39. The summed E-state index contributed by atoms with van der Waals surface area (Å²) in [5.74, 6) is -0.266. The largest absolute Gasteiger partial charge is 0.349 e. The van der Waals surface area contributed by atoms with Gasteiger partial charge < -0.3 is 4.90 Å². The average Bonchev–Trinajstić information content (AvgIpc) is 3.45. The highest BCUT2D eigenvalue weighted by molar-refractivity contribution is 7.16. The van der Waals surface area contributed by atoms with Gasteiger partial charge in [0.25, 0.3) is 11.6 Å². The van der Waals surface area contributed by atoms with Crippen LogP contribution >= 0.6 is 22.7 Å². The summed E-state index contributed by atoms with van der Waals surface area (Å²) in [5.41, 5.74) is 2.53. The minimum Gasteiger partial charge on any atom is -0.349 e. The van der Waals surface area contributed by atoms with Crippen LogP contribution in [0.4, 0.5) is 17.1 Å². The quantitative estimate of drug-likeness (QED) is 0.279. The zero-order valence-corrected chi connectivity index (χ0v) is 18.9. The topological polar surface area (TPSA) is 79.6 Å². The normalized spacial score (nSPS) is 15.7. The first kappa shape index (κ1) is 20.3. The Kier molecular flexibility index (Phi) is 4.99. The van der Waals surface area contributed by atoms with Gasteiger partial charge in [-0.05, 0) is 37.3 Å². The zero-order valence-electron chi connectivity index (χ0n) is 17.3. The molecule has 0 fully saturated rings. The number of carbonyl (C=O) groups is 1. The maximum Gasteiger partial charge on any atom is 0.270 e. The lowest BCUT2D eigenvalue weighted by Gasteiger charge is -2.43. The molecule has 160 valence electrons. The number of thiazole rings is 1. The third kappa shape index (κ3) is 3.35. The molecule has 2 aromatic carbocycles. The molecule has 0 spiro atoms. The van der Waals surface area contributed by atoms with Gasteiger partial charge in [-0.1, -0.05) is 18.2 Å². The van der Waals surface area contributed by atoms with Crippen LogP contribution in [0, 0.1) is 17.0 Å². The van der Waals surface area contributed by atoms with E-state index in [1.165, 1.54) is 12.1 Å². The molecule has 4 aromatic rings.